The second-order valence-electron chi connectivity index (χ2n) is 6.10. The number of hydrogen-bond acceptors (Lipinski definition) is 4. The van der Waals surface area contributed by atoms with Gasteiger partial charge in [-0.2, -0.15) is 0 Å². The van der Waals surface area contributed by atoms with Crippen molar-refractivity contribution < 1.29 is 9.18 Å². The van der Waals surface area contributed by atoms with Crippen molar-refractivity contribution in [3.63, 3.8) is 0 Å². The Balaban J connectivity index is 1.47. The molecule has 1 aromatic carbocycles. The van der Waals surface area contributed by atoms with E-state index in [1.807, 2.05) is 18.5 Å². The lowest BCUT2D eigenvalue weighted by atomic mass is 10.1. The van der Waals surface area contributed by atoms with Crippen LogP contribution in [0.25, 0.3) is 0 Å². The normalized spacial score (nSPS) is 15.3. The van der Waals surface area contributed by atoms with Gasteiger partial charge in [0.1, 0.15) is 11.6 Å². The van der Waals surface area contributed by atoms with Crippen LogP contribution in [0.2, 0.25) is 0 Å². The summed E-state index contributed by atoms with van der Waals surface area (Å²) in [7, 11) is 1.95. The van der Waals surface area contributed by atoms with Gasteiger partial charge in [-0.1, -0.05) is 23.9 Å². The van der Waals surface area contributed by atoms with E-state index in [-0.39, 0.29) is 17.0 Å². The van der Waals surface area contributed by atoms with E-state index >= 15 is 0 Å². The number of benzene rings is 1. The molecule has 2 aromatic rings. The van der Waals surface area contributed by atoms with Gasteiger partial charge in [0.25, 0.3) is 0 Å². The van der Waals surface area contributed by atoms with Crippen LogP contribution >= 0.6 is 11.8 Å². The molecule has 1 saturated carbocycles. The molecule has 5 nitrogen and oxygen atoms in total. The molecule has 1 aliphatic carbocycles. The third kappa shape index (κ3) is 4.14. The van der Waals surface area contributed by atoms with Gasteiger partial charge in [0.2, 0.25) is 5.91 Å². The average Bonchev–Trinajstić information content (AvgIpc) is 3.34. The van der Waals surface area contributed by atoms with Crippen LogP contribution in [0.1, 0.15) is 37.1 Å². The van der Waals surface area contributed by atoms with Gasteiger partial charge in [0.05, 0.1) is 5.25 Å². The molecule has 3 rings (SSSR count). The van der Waals surface area contributed by atoms with Crippen LogP contribution < -0.4 is 5.32 Å². The summed E-state index contributed by atoms with van der Waals surface area (Å²) in [6, 6.07) is 6.33. The molecule has 1 aromatic heterocycles. The molecule has 7 heteroatoms. The Morgan fingerprint density at radius 2 is 2.08 bits per heavy atom. The maximum atomic E-state index is 12.9. The number of rotatable bonds is 7. The lowest BCUT2D eigenvalue weighted by molar-refractivity contribution is -0.120. The van der Waals surface area contributed by atoms with Crippen LogP contribution in [0.4, 0.5) is 4.39 Å². The quantitative estimate of drug-likeness (QED) is 0.782. The number of aromatic nitrogens is 3. The number of halogens is 1. The van der Waals surface area contributed by atoms with Crippen LogP contribution in [0.15, 0.2) is 29.4 Å². The van der Waals surface area contributed by atoms with Crippen LogP contribution in [0.5, 0.6) is 0 Å². The maximum absolute atomic E-state index is 12.9. The minimum Gasteiger partial charge on any atom is -0.355 e. The number of carbonyl (C=O) groups excluding carboxylic acids is 1. The van der Waals surface area contributed by atoms with E-state index < -0.39 is 0 Å². The van der Waals surface area contributed by atoms with E-state index in [0.29, 0.717) is 18.9 Å². The highest BCUT2D eigenvalue weighted by molar-refractivity contribution is 8.00. The van der Waals surface area contributed by atoms with Crippen LogP contribution in [0, 0.1) is 5.82 Å². The van der Waals surface area contributed by atoms with E-state index in [9.17, 15) is 9.18 Å². The molecule has 0 radical (unpaired) electrons. The van der Waals surface area contributed by atoms with E-state index in [1.165, 1.54) is 36.7 Å². The Hall–Kier alpha value is -1.89. The van der Waals surface area contributed by atoms with Crippen LogP contribution in [-0.2, 0) is 18.3 Å². The molecule has 128 valence electrons. The van der Waals surface area contributed by atoms with Gasteiger partial charge in [-0.05, 0) is 43.9 Å². The number of nitrogens with zero attached hydrogens (tertiary/aromatic N) is 3. The lowest BCUT2D eigenvalue weighted by Crippen LogP contribution is -2.32. The summed E-state index contributed by atoms with van der Waals surface area (Å²) in [4.78, 5) is 12.2. The fourth-order valence-corrected chi connectivity index (χ4v) is 3.31. The van der Waals surface area contributed by atoms with Crippen molar-refractivity contribution in [1.29, 1.82) is 0 Å². The van der Waals surface area contributed by atoms with Gasteiger partial charge in [-0.25, -0.2) is 4.39 Å². The predicted molar refractivity (Wildman–Crippen MR) is 91.4 cm³/mol. The zero-order chi connectivity index (χ0) is 17.1. The predicted octanol–water partition coefficient (Wildman–Crippen LogP) is 2.67. The molecular formula is C17H21FN4OS. The van der Waals surface area contributed by atoms with Gasteiger partial charge in [0.15, 0.2) is 5.16 Å². The fraction of sp³-hybridized carbons (Fsp3) is 0.471. The second-order valence-corrected chi connectivity index (χ2v) is 7.41. The third-order valence-electron chi connectivity index (χ3n) is 4.09. The maximum Gasteiger partial charge on any atom is 0.233 e. The molecular weight excluding hydrogens is 327 g/mol. The first-order valence-electron chi connectivity index (χ1n) is 8.12. The third-order valence-corrected chi connectivity index (χ3v) is 5.22. The molecule has 1 heterocycles. The van der Waals surface area contributed by atoms with Crippen molar-refractivity contribution in [3.8, 4) is 0 Å². The van der Waals surface area contributed by atoms with Crippen molar-refractivity contribution in [1.82, 2.24) is 20.1 Å². The highest BCUT2D eigenvalue weighted by atomic mass is 32.2. The molecule has 1 aliphatic rings. The van der Waals surface area contributed by atoms with Crippen molar-refractivity contribution in [2.24, 2.45) is 7.05 Å². The second kappa shape index (κ2) is 7.34. The van der Waals surface area contributed by atoms with E-state index in [2.05, 4.69) is 15.5 Å². The van der Waals surface area contributed by atoms with Gasteiger partial charge < -0.3 is 9.88 Å². The average molecular weight is 348 g/mol. The summed E-state index contributed by atoms with van der Waals surface area (Å²) in [5.41, 5.74) is 0.999. The summed E-state index contributed by atoms with van der Waals surface area (Å²) in [6.07, 6.45) is 3.03. The summed E-state index contributed by atoms with van der Waals surface area (Å²) in [5.74, 6) is 1.28. The molecule has 1 amide bonds. The molecule has 0 spiro atoms. The summed E-state index contributed by atoms with van der Waals surface area (Å²) in [5, 5.41) is 11.9. The summed E-state index contributed by atoms with van der Waals surface area (Å²) in [6.45, 7) is 2.39. The van der Waals surface area contributed by atoms with Crippen molar-refractivity contribution in [3.05, 3.63) is 41.5 Å². The van der Waals surface area contributed by atoms with Crippen molar-refractivity contribution in [2.75, 3.05) is 6.54 Å². The van der Waals surface area contributed by atoms with Gasteiger partial charge in [0, 0.05) is 19.5 Å². The zero-order valence-electron chi connectivity index (χ0n) is 13.8. The number of hydrogen-bond donors (Lipinski definition) is 1. The minimum absolute atomic E-state index is 0.0296. The van der Waals surface area contributed by atoms with Crippen molar-refractivity contribution >= 4 is 17.7 Å². The largest absolute Gasteiger partial charge is 0.355 e. The monoisotopic (exact) mass is 348 g/mol. The molecule has 0 aliphatic heterocycles. The van der Waals surface area contributed by atoms with E-state index in [0.717, 1.165) is 16.5 Å². The van der Waals surface area contributed by atoms with Crippen LogP contribution in [0.3, 0.4) is 0 Å². The topological polar surface area (TPSA) is 59.8 Å². The molecule has 1 atom stereocenters. The molecule has 0 bridgehead atoms. The first-order chi connectivity index (χ1) is 11.5. The van der Waals surface area contributed by atoms with Gasteiger partial charge in [-0.15, -0.1) is 10.2 Å². The van der Waals surface area contributed by atoms with Crippen LogP contribution in [-0.4, -0.2) is 32.5 Å². The lowest BCUT2D eigenvalue weighted by Gasteiger charge is -2.11. The summed E-state index contributed by atoms with van der Waals surface area (Å²) < 4.78 is 14.8. The van der Waals surface area contributed by atoms with E-state index in [1.54, 1.807) is 12.1 Å². The van der Waals surface area contributed by atoms with Gasteiger partial charge in [-0.3, -0.25) is 4.79 Å². The molecule has 1 N–H and O–H groups in total. The highest BCUT2D eigenvalue weighted by Gasteiger charge is 2.30. The number of carbonyl (C=O) groups is 1. The highest BCUT2D eigenvalue weighted by Crippen LogP contribution is 2.39. The number of amides is 1. The molecule has 24 heavy (non-hydrogen) atoms. The molecule has 0 unspecified atom stereocenters. The van der Waals surface area contributed by atoms with Crippen molar-refractivity contribution in [2.45, 2.75) is 42.5 Å². The number of nitrogens with one attached hydrogen (secondary N) is 1. The minimum atomic E-state index is -0.248. The zero-order valence-corrected chi connectivity index (χ0v) is 14.6. The van der Waals surface area contributed by atoms with E-state index in [4.69, 9.17) is 0 Å². The Morgan fingerprint density at radius 3 is 2.75 bits per heavy atom. The Kier molecular flexibility index (Phi) is 5.18. The SMILES string of the molecule is C[C@@H](Sc1nnc(C2CC2)n1C)C(=O)NCCc1ccc(F)cc1. The molecule has 1 fully saturated rings. The Labute approximate surface area is 145 Å². The molecule has 0 saturated heterocycles. The first-order valence-corrected chi connectivity index (χ1v) is 9.00. The number of thioether (sulfide) groups is 1. The Morgan fingerprint density at radius 1 is 1.38 bits per heavy atom. The summed E-state index contributed by atoms with van der Waals surface area (Å²) >= 11 is 1.42. The Bertz CT molecular complexity index is 712. The standard InChI is InChI=1S/C17H21FN4OS/c1-11(24-17-21-20-15(22(17)2)13-5-6-13)16(23)19-10-9-12-3-7-14(18)8-4-12/h3-4,7-8,11,13H,5-6,9-10H2,1-2H3,(H,19,23)/t11-/m1/s1. The first kappa shape index (κ1) is 17.0. The smallest absolute Gasteiger partial charge is 0.233 e. The van der Waals surface area contributed by atoms with Gasteiger partial charge >= 0.3 is 0 Å². The fourth-order valence-electron chi connectivity index (χ4n) is 2.46.